The minimum absolute atomic E-state index is 0.0372. The van der Waals surface area contributed by atoms with E-state index in [0.29, 0.717) is 5.92 Å². The molecule has 0 spiro atoms. The second kappa shape index (κ2) is 10.1. The molecule has 0 bridgehead atoms. The highest BCUT2D eigenvalue weighted by atomic mass is 16.7. The molecule has 194 valence electrons. The zero-order valence-corrected chi connectivity index (χ0v) is 19.8. The molecule has 7 atom stereocenters. The SMILES string of the molecule is O=C1c2cccc(OC3OC(CO)C(O)C(O)C3O)c2C(=O)C2C(O)=CC(CC3CCCCC3)=CC12. The van der Waals surface area contributed by atoms with Crippen molar-refractivity contribution in [3.63, 3.8) is 0 Å². The number of Topliss-reactive ketones (excluding diaryl/α,β-unsaturated/α-hetero) is 2. The molecule has 5 rings (SSSR count). The van der Waals surface area contributed by atoms with Crippen molar-refractivity contribution in [2.24, 2.45) is 17.8 Å². The number of benzene rings is 1. The molecule has 9 heteroatoms. The Hall–Kier alpha value is -2.56. The fourth-order valence-corrected chi connectivity index (χ4v) is 5.93. The van der Waals surface area contributed by atoms with Gasteiger partial charge < -0.3 is 35.0 Å². The van der Waals surface area contributed by atoms with Crippen LogP contribution in [0.3, 0.4) is 0 Å². The number of hydrogen-bond donors (Lipinski definition) is 5. The average molecular weight is 501 g/mol. The summed E-state index contributed by atoms with van der Waals surface area (Å²) in [4.78, 5) is 27.1. The van der Waals surface area contributed by atoms with Gasteiger partial charge in [0.1, 0.15) is 35.9 Å². The van der Waals surface area contributed by atoms with Gasteiger partial charge in [0.05, 0.1) is 24.0 Å². The van der Waals surface area contributed by atoms with Crippen LogP contribution in [0, 0.1) is 17.8 Å². The van der Waals surface area contributed by atoms with Gasteiger partial charge in [0, 0.05) is 5.56 Å². The van der Waals surface area contributed by atoms with Crippen molar-refractivity contribution in [1.29, 1.82) is 0 Å². The van der Waals surface area contributed by atoms with Gasteiger partial charge in [-0.15, -0.1) is 0 Å². The molecule has 5 N–H and O–H groups in total. The average Bonchev–Trinajstić information content (AvgIpc) is 2.87. The van der Waals surface area contributed by atoms with Crippen LogP contribution in [0.2, 0.25) is 0 Å². The second-order valence-electron chi connectivity index (χ2n) is 10.2. The molecule has 1 saturated carbocycles. The molecule has 0 aromatic heterocycles. The van der Waals surface area contributed by atoms with Gasteiger partial charge in [-0.2, -0.15) is 0 Å². The van der Waals surface area contributed by atoms with E-state index in [0.717, 1.165) is 24.8 Å². The first-order valence-corrected chi connectivity index (χ1v) is 12.6. The van der Waals surface area contributed by atoms with E-state index in [-0.39, 0.29) is 28.4 Å². The topological polar surface area (TPSA) is 154 Å². The van der Waals surface area contributed by atoms with Gasteiger partial charge in [-0.25, -0.2) is 0 Å². The third-order valence-corrected chi connectivity index (χ3v) is 7.87. The zero-order chi connectivity index (χ0) is 25.6. The van der Waals surface area contributed by atoms with Crippen LogP contribution >= 0.6 is 0 Å². The monoisotopic (exact) mass is 500 g/mol. The fraction of sp³-hybridized carbons (Fsp3) is 0.556. The maximum Gasteiger partial charge on any atom is 0.229 e. The molecular weight excluding hydrogens is 468 g/mol. The Morgan fingerprint density at radius 3 is 2.44 bits per heavy atom. The standard InChI is InChI=1S/C27H32O9/c28-12-19-23(31)25(33)26(34)27(36-19)35-18-8-4-7-15-21(18)24(32)20-16(22(15)30)10-14(11-17(20)29)9-13-5-2-1-3-6-13/h4,7-8,10-11,13,16,19-20,23,25-29,31,33-34H,1-3,5-6,9,12H2. The van der Waals surface area contributed by atoms with Gasteiger partial charge in [0.25, 0.3) is 0 Å². The van der Waals surface area contributed by atoms with Gasteiger partial charge in [0.2, 0.25) is 6.29 Å². The zero-order valence-electron chi connectivity index (χ0n) is 19.8. The third-order valence-electron chi connectivity index (χ3n) is 7.87. The maximum absolute atomic E-state index is 13.6. The third kappa shape index (κ3) is 4.39. The maximum atomic E-state index is 13.6. The molecule has 3 aliphatic carbocycles. The predicted molar refractivity (Wildman–Crippen MR) is 126 cm³/mol. The Bertz CT molecular complexity index is 1080. The lowest BCUT2D eigenvalue weighted by Gasteiger charge is -2.40. The van der Waals surface area contributed by atoms with Crippen molar-refractivity contribution in [3.05, 3.63) is 52.8 Å². The summed E-state index contributed by atoms with van der Waals surface area (Å²) in [5, 5.41) is 50.7. The first-order valence-electron chi connectivity index (χ1n) is 12.6. The minimum atomic E-state index is -1.67. The van der Waals surface area contributed by atoms with E-state index in [1.807, 2.05) is 6.08 Å². The molecule has 4 aliphatic rings. The Morgan fingerprint density at radius 1 is 0.972 bits per heavy atom. The molecule has 1 aliphatic heterocycles. The summed E-state index contributed by atoms with van der Waals surface area (Å²) in [7, 11) is 0. The van der Waals surface area contributed by atoms with Crippen LogP contribution in [0.1, 0.15) is 59.2 Å². The van der Waals surface area contributed by atoms with Crippen LogP contribution in [0.4, 0.5) is 0 Å². The number of carbonyl (C=O) groups is 2. The Kier molecular flexibility index (Phi) is 7.02. The van der Waals surface area contributed by atoms with E-state index in [9.17, 15) is 35.1 Å². The van der Waals surface area contributed by atoms with Gasteiger partial charge in [-0.05, 0) is 30.1 Å². The fourth-order valence-electron chi connectivity index (χ4n) is 5.93. The molecule has 9 nitrogen and oxygen atoms in total. The van der Waals surface area contributed by atoms with E-state index >= 15 is 0 Å². The molecule has 2 fully saturated rings. The summed E-state index contributed by atoms with van der Waals surface area (Å²) in [6.45, 7) is -0.632. The van der Waals surface area contributed by atoms with Crippen molar-refractivity contribution < 1.29 is 44.6 Å². The van der Waals surface area contributed by atoms with Crippen LogP contribution in [-0.4, -0.2) is 74.4 Å². The lowest BCUT2D eigenvalue weighted by atomic mass is 9.69. The first kappa shape index (κ1) is 25.1. The van der Waals surface area contributed by atoms with Gasteiger partial charge in [0.15, 0.2) is 11.6 Å². The molecule has 0 radical (unpaired) electrons. The lowest BCUT2D eigenvalue weighted by molar-refractivity contribution is -0.277. The number of carbonyl (C=O) groups excluding carboxylic acids is 2. The number of allylic oxidation sites excluding steroid dienone is 4. The molecule has 1 aromatic carbocycles. The molecule has 36 heavy (non-hydrogen) atoms. The lowest BCUT2D eigenvalue weighted by Crippen LogP contribution is -2.60. The number of rotatable bonds is 5. The molecular formula is C27H32O9. The van der Waals surface area contributed by atoms with Crippen LogP contribution in [0.5, 0.6) is 5.75 Å². The smallest absolute Gasteiger partial charge is 0.229 e. The molecule has 0 amide bonds. The summed E-state index contributed by atoms with van der Waals surface area (Å²) < 4.78 is 11.1. The van der Waals surface area contributed by atoms with Crippen molar-refractivity contribution in [3.8, 4) is 5.75 Å². The largest absolute Gasteiger partial charge is 0.511 e. The van der Waals surface area contributed by atoms with Gasteiger partial charge >= 0.3 is 0 Å². The summed E-state index contributed by atoms with van der Waals surface area (Å²) in [6, 6.07) is 4.49. The van der Waals surface area contributed by atoms with Crippen molar-refractivity contribution in [2.75, 3.05) is 6.61 Å². The summed E-state index contributed by atoms with van der Waals surface area (Å²) in [5.74, 6) is -2.38. The summed E-state index contributed by atoms with van der Waals surface area (Å²) >= 11 is 0. The van der Waals surface area contributed by atoms with Crippen LogP contribution in [-0.2, 0) is 4.74 Å². The molecule has 1 saturated heterocycles. The van der Waals surface area contributed by atoms with E-state index in [2.05, 4.69) is 0 Å². The predicted octanol–water partition coefficient (Wildman–Crippen LogP) is 1.83. The van der Waals surface area contributed by atoms with Crippen molar-refractivity contribution in [1.82, 2.24) is 0 Å². The Balaban J connectivity index is 1.43. The number of ether oxygens (including phenoxy) is 2. The van der Waals surface area contributed by atoms with Gasteiger partial charge in [-0.1, -0.05) is 50.3 Å². The highest BCUT2D eigenvalue weighted by Crippen LogP contribution is 2.43. The second-order valence-corrected chi connectivity index (χ2v) is 10.2. The van der Waals surface area contributed by atoms with E-state index in [1.54, 1.807) is 6.08 Å². The molecule has 1 aromatic rings. The first-order chi connectivity index (χ1) is 17.3. The number of aliphatic hydroxyl groups is 5. The van der Waals surface area contributed by atoms with Crippen LogP contribution in [0.25, 0.3) is 0 Å². The Morgan fingerprint density at radius 2 is 1.72 bits per heavy atom. The normalized spacial score (nSPS) is 34.9. The van der Waals surface area contributed by atoms with Crippen LogP contribution in [0.15, 0.2) is 41.7 Å². The highest BCUT2D eigenvalue weighted by Gasteiger charge is 2.48. The number of hydrogen-bond acceptors (Lipinski definition) is 9. The quantitative estimate of drug-likeness (QED) is 0.407. The van der Waals surface area contributed by atoms with E-state index < -0.39 is 54.9 Å². The minimum Gasteiger partial charge on any atom is -0.511 e. The van der Waals surface area contributed by atoms with Crippen molar-refractivity contribution in [2.45, 2.75) is 69.2 Å². The molecule has 1 heterocycles. The number of aliphatic hydroxyl groups excluding tert-OH is 5. The van der Waals surface area contributed by atoms with Gasteiger partial charge in [-0.3, -0.25) is 9.59 Å². The summed E-state index contributed by atoms with van der Waals surface area (Å²) in [5.41, 5.74) is 0.982. The number of fused-ring (bicyclic) bond motifs is 2. The van der Waals surface area contributed by atoms with Crippen molar-refractivity contribution >= 4 is 11.6 Å². The van der Waals surface area contributed by atoms with Crippen LogP contribution < -0.4 is 4.74 Å². The number of ketones is 2. The van der Waals surface area contributed by atoms with E-state index in [4.69, 9.17) is 9.47 Å². The summed E-state index contributed by atoms with van der Waals surface area (Å²) in [6.07, 6.45) is 2.44. The highest BCUT2D eigenvalue weighted by molar-refractivity contribution is 6.19. The van der Waals surface area contributed by atoms with E-state index in [1.165, 1.54) is 37.5 Å². The molecule has 7 unspecified atom stereocenters. The Labute approximate surface area is 208 Å².